The number of amides is 1. The quantitative estimate of drug-likeness (QED) is 0.272. The van der Waals surface area contributed by atoms with Crippen LogP contribution in [0.25, 0.3) is 22.2 Å². The Labute approximate surface area is 228 Å². The zero-order valence-corrected chi connectivity index (χ0v) is 22.4. The van der Waals surface area contributed by atoms with Crippen molar-refractivity contribution < 1.29 is 14.3 Å². The Kier molecular flexibility index (Phi) is 7.71. The lowest BCUT2D eigenvalue weighted by Crippen LogP contribution is -2.33. The Hall–Kier alpha value is -3.04. The van der Waals surface area contributed by atoms with E-state index in [4.69, 9.17) is 32.9 Å². The molecule has 2 aromatic carbocycles. The molecular weight excluding hydrogens is 531 g/mol. The van der Waals surface area contributed by atoms with Crippen molar-refractivity contribution in [1.82, 2.24) is 14.9 Å². The molecule has 1 amide bonds. The molecule has 4 aromatic rings. The number of benzene rings is 2. The van der Waals surface area contributed by atoms with Gasteiger partial charge in [-0.2, -0.15) is 0 Å². The fraction of sp³-hybridized carbons (Fsp3) is 0.259. The van der Waals surface area contributed by atoms with Gasteiger partial charge in [0.25, 0.3) is 5.91 Å². The van der Waals surface area contributed by atoms with E-state index in [-0.39, 0.29) is 0 Å². The number of halogens is 2. The summed E-state index contributed by atoms with van der Waals surface area (Å²) in [6.45, 7) is 4.18. The predicted octanol–water partition coefficient (Wildman–Crippen LogP) is 6.23. The molecule has 0 bridgehead atoms. The summed E-state index contributed by atoms with van der Waals surface area (Å²) in [4.78, 5) is 37.5. The number of fused-ring (bicyclic) bond motifs is 2. The summed E-state index contributed by atoms with van der Waals surface area (Å²) in [5.41, 5.74) is 4.36. The monoisotopic (exact) mass is 554 g/mol. The molecule has 5 rings (SSSR count). The van der Waals surface area contributed by atoms with Crippen LogP contribution in [0.15, 0.2) is 47.8 Å². The first-order valence-electron chi connectivity index (χ1n) is 11.9. The molecule has 0 atom stereocenters. The Morgan fingerprint density at radius 1 is 1.16 bits per heavy atom. The smallest absolute Gasteiger partial charge is 0.339 e. The van der Waals surface area contributed by atoms with E-state index in [1.54, 1.807) is 23.6 Å². The minimum atomic E-state index is -0.531. The maximum Gasteiger partial charge on any atom is 0.339 e. The van der Waals surface area contributed by atoms with Gasteiger partial charge in [-0.1, -0.05) is 48.3 Å². The number of aromatic nitrogens is 2. The van der Waals surface area contributed by atoms with Crippen LogP contribution in [-0.4, -0.2) is 46.4 Å². The van der Waals surface area contributed by atoms with Crippen LogP contribution in [0.1, 0.15) is 35.0 Å². The van der Waals surface area contributed by atoms with E-state index in [0.717, 1.165) is 48.1 Å². The molecule has 2 aromatic heterocycles. The van der Waals surface area contributed by atoms with Crippen molar-refractivity contribution in [3.63, 3.8) is 0 Å². The SMILES string of the molecule is CCCN1CCc2nc3ccccc3c(C(=O)OCC(=O)Nc3nc(-c4ccc(Cl)cc4Cl)cs3)c2C1. The Morgan fingerprint density at radius 3 is 2.81 bits per heavy atom. The van der Waals surface area contributed by atoms with Crippen LogP contribution in [-0.2, 0) is 22.5 Å². The minimum Gasteiger partial charge on any atom is -0.452 e. The van der Waals surface area contributed by atoms with Crippen molar-refractivity contribution in [2.75, 3.05) is 25.0 Å². The number of rotatable bonds is 7. The molecule has 0 radical (unpaired) electrons. The summed E-state index contributed by atoms with van der Waals surface area (Å²) >= 11 is 13.5. The Bertz CT molecular complexity index is 1490. The first kappa shape index (κ1) is 25.6. The van der Waals surface area contributed by atoms with Crippen LogP contribution in [0.5, 0.6) is 0 Å². The highest BCUT2D eigenvalue weighted by atomic mass is 35.5. The van der Waals surface area contributed by atoms with Crippen molar-refractivity contribution in [3.8, 4) is 11.3 Å². The lowest BCUT2D eigenvalue weighted by molar-refractivity contribution is -0.119. The largest absolute Gasteiger partial charge is 0.452 e. The number of thiazole rings is 1. The highest BCUT2D eigenvalue weighted by Gasteiger charge is 2.27. The number of carbonyl (C=O) groups is 2. The molecule has 190 valence electrons. The summed E-state index contributed by atoms with van der Waals surface area (Å²) < 4.78 is 5.50. The van der Waals surface area contributed by atoms with E-state index in [9.17, 15) is 9.59 Å². The lowest BCUT2D eigenvalue weighted by atomic mass is 9.95. The zero-order valence-electron chi connectivity index (χ0n) is 20.1. The van der Waals surface area contributed by atoms with E-state index < -0.39 is 18.5 Å². The van der Waals surface area contributed by atoms with Crippen LogP contribution >= 0.6 is 34.5 Å². The number of pyridine rings is 1. The molecule has 0 aliphatic carbocycles. The van der Waals surface area contributed by atoms with Crippen molar-refractivity contribution in [2.45, 2.75) is 26.3 Å². The molecule has 0 spiro atoms. The van der Waals surface area contributed by atoms with Crippen LogP contribution in [0.2, 0.25) is 10.0 Å². The number of ether oxygens (including phenoxy) is 1. The van der Waals surface area contributed by atoms with Crippen molar-refractivity contribution in [1.29, 1.82) is 0 Å². The first-order chi connectivity index (χ1) is 17.9. The van der Waals surface area contributed by atoms with Gasteiger partial charge in [-0.15, -0.1) is 11.3 Å². The molecule has 10 heteroatoms. The van der Waals surface area contributed by atoms with E-state index >= 15 is 0 Å². The van der Waals surface area contributed by atoms with Crippen molar-refractivity contribution in [3.05, 3.63) is 74.7 Å². The maximum atomic E-state index is 13.3. The standard InChI is InChI=1S/C27H24Cl2N4O3S/c1-2-10-33-11-9-22-19(13-33)25(18-5-3-4-6-21(18)30-22)26(35)36-14-24(34)32-27-31-23(15-37-27)17-8-7-16(28)12-20(17)29/h3-8,12,15H,2,9-11,13-14H2,1H3,(H,31,32,34). The molecule has 0 unspecified atom stereocenters. The number of nitrogens with one attached hydrogen (secondary N) is 1. The second-order valence-electron chi connectivity index (χ2n) is 8.74. The summed E-state index contributed by atoms with van der Waals surface area (Å²) in [5.74, 6) is -1.01. The summed E-state index contributed by atoms with van der Waals surface area (Å²) in [5, 5.41) is 6.59. The third-order valence-corrected chi connectivity index (χ3v) is 7.47. The second-order valence-corrected chi connectivity index (χ2v) is 10.4. The average Bonchev–Trinajstić information content (AvgIpc) is 3.34. The highest BCUT2D eigenvalue weighted by molar-refractivity contribution is 7.14. The maximum absolute atomic E-state index is 13.3. The molecule has 1 aliphatic heterocycles. The predicted molar refractivity (Wildman–Crippen MR) is 147 cm³/mol. The normalized spacial score (nSPS) is 13.4. The third kappa shape index (κ3) is 5.62. The number of esters is 1. The fourth-order valence-corrected chi connectivity index (χ4v) is 5.73. The average molecular weight is 555 g/mol. The number of carbonyl (C=O) groups excluding carboxylic acids is 2. The van der Waals surface area contributed by atoms with Crippen LogP contribution in [0.4, 0.5) is 5.13 Å². The zero-order chi connectivity index (χ0) is 25.9. The molecule has 3 heterocycles. The first-order valence-corrected chi connectivity index (χ1v) is 13.6. The molecule has 0 fully saturated rings. The minimum absolute atomic E-state index is 0.379. The highest BCUT2D eigenvalue weighted by Crippen LogP contribution is 2.32. The fourth-order valence-electron chi connectivity index (χ4n) is 4.50. The van der Waals surface area contributed by atoms with Crippen molar-refractivity contribution in [2.24, 2.45) is 0 Å². The van der Waals surface area contributed by atoms with E-state index in [0.29, 0.717) is 38.5 Å². The van der Waals surface area contributed by atoms with Crippen LogP contribution < -0.4 is 5.32 Å². The number of hydrogen-bond acceptors (Lipinski definition) is 7. The summed E-state index contributed by atoms with van der Waals surface area (Å²) in [6.07, 6.45) is 1.80. The van der Waals surface area contributed by atoms with E-state index in [1.807, 2.05) is 24.3 Å². The number of hydrogen-bond donors (Lipinski definition) is 1. The van der Waals surface area contributed by atoms with Gasteiger partial charge < -0.3 is 4.74 Å². The Balaban J connectivity index is 1.31. The van der Waals surface area contributed by atoms with Gasteiger partial charge in [0.05, 0.1) is 21.8 Å². The lowest BCUT2D eigenvalue weighted by Gasteiger charge is -2.29. The van der Waals surface area contributed by atoms with Crippen LogP contribution in [0, 0.1) is 0 Å². The van der Waals surface area contributed by atoms with E-state index in [1.165, 1.54) is 11.3 Å². The van der Waals surface area contributed by atoms with Gasteiger partial charge in [0.2, 0.25) is 0 Å². The summed E-state index contributed by atoms with van der Waals surface area (Å²) in [6, 6.07) is 12.7. The van der Waals surface area contributed by atoms with Gasteiger partial charge in [-0.3, -0.25) is 20.0 Å². The van der Waals surface area contributed by atoms with E-state index in [2.05, 4.69) is 22.1 Å². The molecule has 0 saturated heterocycles. The molecule has 37 heavy (non-hydrogen) atoms. The van der Waals surface area contributed by atoms with Crippen molar-refractivity contribution >= 4 is 62.4 Å². The molecule has 7 nitrogen and oxygen atoms in total. The van der Waals surface area contributed by atoms with Crippen LogP contribution in [0.3, 0.4) is 0 Å². The van der Waals surface area contributed by atoms with Gasteiger partial charge in [-0.25, -0.2) is 9.78 Å². The van der Waals surface area contributed by atoms with Gasteiger partial charge in [0.1, 0.15) is 0 Å². The van der Waals surface area contributed by atoms with Gasteiger partial charge >= 0.3 is 5.97 Å². The topological polar surface area (TPSA) is 84.4 Å². The number of para-hydroxylation sites is 1. The molecule has 0 saturated carbocycles. The Morgan fingerprint density at radius 2 is 2.00 bits per heavy atom. The summed E-state index contributed by atoms with van der Waals surface area (Å²) in [7, 11) is 0. The molecule has 1 aliphatic rings. The number of anilines is 1. The second kappa shape index (κ2) is 11.1. The molecule has 1 N–H and O–H groups in total. The van der Waals surface area contributed by atoms with Gasteiger partial charge in [0.15, 0.2) is 11.7 Å². The molecular formula is C27H24Cl2N4O3S. The van der Waals surface area contributed by atoms with Gasteiger partial charge in [0, 0.05) is 52.1 Å². The van der Waals surface area contributed by atoms with Gasteiger partial charge in [-0.05, 0) is 37.2 Å². The third-order valence-electron chi connectivity index (χ3n) is 6.16. The number of nitrogens with zero attached hydrogens (tertiary/aromatic N) is 3.